The van der Waals surface area contributed by atoms with Crippen molar-refractivity contribution in [3.63, 3.8) is 0 Å². The third kappa shape index (κ3) is 5.60. The van der Waals surface area contributed by atoms with E-state index in [-0.39, 0.29) is 0 Å². The molecule has 52 heavy (non-hydrogen) atoms. The van der Waals surface area contributed by atoms with Gasteiger partial charge in [0.2, 0.25) is 0 Å². The van der Waals surface area contributed by atoms with Gasteiger partial charge in [-0.05, 0) is 64.7 Å². The van der Waals surface area contributed by atoms with Crippen LogP contribution in [0.2, 0.25) is 0 Å². The summed E-state index contributed by atoms with van der Waals surface area (Å²) in [5.41, 5.74) is 10.7. The summed E-state index contributed by atoms with van der Waals surface area (Å²) < 4.78 is 2.30. The Hall–Kier alpha value is -6.81. The molecule has 0 unspecified atom stereocenters. The molecule has 5 nitrogen and oxygen atoms in total. The predicted octanol–water partition coefficient (Wildman–Crippen LogP) is 11.5. The molecule has 0 atom stereocenters. The molecule has 9 rings (SSSR count). The second-order valence-corrected chi connectivity index (χ2v) is 13.0. The molecule has 244 valence electrons. The maximum absolute atomic E-state index is 9.58. The smallest absolute Gasteiger partial charge is 0.164 e. The van der Waals surface area contributed by atoms with Crippen molar-refractivity contribution >= 4 is 34.4 Å². The number of hydrogen-bond donors (Lipinski definition) is 1. The van der Waals surface area contributed by atoms with Crippen LogP contribution >= 0.6 is 12.6 Å². The largest absolute Gasteiger partial charge is 0.309 e. The van der Waals surface area contributed by atoms with Gasteiger partial charge in [0.05, 0.1) is 22.7 Å². The molecule has 7 aromatic carbocycles. The van der Waals surface area contributed by atoms with E-state index >= 15 is 0 Å². The van der Waals surface area contributed by atoms with E-state index in [1.54, 1.807) is 6.07 Å². The topological polar surface area (TPSA) is 67.4 Å². The molecular formula is C46H29N5S. The van der Waals surface area contributed by atoms with Gasteiger partial charge in [-0.1, -0.05) is 127 Å². The van der Waals surface area contributed by atoms with E-state index in [2.05, 4.69) is 108 Å². The molecule has 0 aliphatic heterocycles. The first kappa shape index (κ1) is 31.2. The van der Waals surface area contributed by atoms with Crippen LogP contribution in [-0.4, -0.2) is 19.5 Å². The average molecular weight is 684 g/mol. The van der Waals surface area contributed by atoms with E-state index in [1.807, 2.05) is 66.7 Å². The van der Waals surface area contributed by atoms with Gasteiger partial charge in [0.15, 0.2) is 17.5 Å². The predicted molar refractivity (Wildman–Crippen MR) is 213 cm³/mol. The van der Waals surface area contributed by atoms with Crippen molar-refractivity contribution in [3.05, 3.63) is 175 Å². The summed E-state index contributed by atoms with van der Waals surface area (Å²) >= 11 is 5.05. The van der Waals surface area contributed by atoms with E-state index in [9.17, 15) is 5.26 Å². The van der Waals surface area contributed by atoms with E-state index in [0.29, 0.717) is 23.0 Å². The van der Waals surface area contributed by atoms with Gasteiger partial charge in [-0.15, -0.1) is 12.6 Å². The summed E-state index contributed by atoms with van der Waals surface area (Å²) in [4.78, 5) is 15.7. The number of fused-ring (bicyclic) bond motifs is 3. The molecule has 0 amide bonds. The lowest BCUT2D eigenvalue weighted by Crippen LogP contribution is -2.01. The summed E-state index contributed by atoms with van der Waals surface area (Å²) in [6.07, 6.45) is 0. The fourth-order valence-corrected chi connectivity index (χ4v) is 7.32. The van der Waals surface area contributed by atoms with Gasteiger partial charge >= 0.3 is 0 Å². The molecule has 0 radical (unpaired) electrons. The minimum absolute atomic E-state index is 0.510. The number of thiol groups is 1. The van der Waals surface area contributed by atoms with Crippen molar-refractivity contribution in [1.29, 1.82) is 5.26 Å². The number of rotatable bonds is 6. The van der Waals surface area contributed by atoms with Crippen molar-refractivity contribution in [1.82, 2.24) is 19.5 Å². The van der Waals surface area contributed by atoms with E-state index in [4.69, 9.17) is 27.6 Å². The standard InChI is InChI=1S/C46H29N5S/c47-29-30-12-9-17-34(26-30)45-48-44(32-15-5-2-6-16-32)49-46(50-45)35-18-10-19-36(27-35)51-41-23-8-7-20-39(41)40-28-33(24-25-42(40)51)38-22-11-21-37(43(38)52)31-13-3-1-4-14-31/h1-28,52H. The Kier molecular flexibility index (Phi) is 7.88. The van der Waals surface area contributed by atoms with Crippen molar-refractivity contribution in [3.8, 4) is 68.2 Å². The normalized spacial score (nSPS) is 11.2. The summed E-state index contributed by atoms with van der Waals surface area (Å²) in [7, 11) is 0. The number of benzene rings is 7. The van der Waals surface area contributed by atoms with E-state index in [0.717, 1.165) is 71.3 Å². The summed E-state index contributed by atoms with van der Waals surface area (Å²) in [5, 5.41) is 11.9. The first-order valence-corrected chi connectivity index (χ1v) is 17.4. The number of nitriles is 1. The second-order valence-electron chi connectivity index (χ2n) is 12.6. The highest BCUT2D eigenvalue weighted by molar-refractivity contribution is 7.80. The van der Waals surface area contributed by atoms with Crippen LogP contribution in [0.25, 0.3) is 83.9 Å². The number of para-hydroxylation sites is 1. The highest BCUT2D eigenvalue weighted by atomic mass is 32.1. The molecule has 6 heteroatoms. The van der Waals surface area contributed by atoms with Gasteiger partial charge in [0, 0.05) is 38.0 Å². The molecule has 0 spiro atoms. The molecule has 0 saturated heterocycles. The SMILES string of the molecule is N#Cc1cccc(-c2nc(-c3ccccc3)nc(-c3cccc(-n4c5ccccc5c5cc(-c6cccc(-c7ccccc7)c6S)ccc54)c3)n2)c1. The number of hydrogen-bond acceptors (Lipinski definition) is 5. The molecule has 2 aromatic heterocycles. The highest BCUT2D eigenvalue weighted by Gasteiger charge is 2.17. The van der Waals surface area contributed by atoms with Crippen molar-refractivity contribution in [2.75, 3.05) is 0 Å². The molecule has 0 bridgehead atoms. The Morgan fingerprint density at radius 2 is 1.00 bits per heavy atom. The first-order valence-electron chi connectivity index (χ1n) is 17.0. The minimum atomic E-state index is 0.510. The van der Waals surface area contributed by atoms with Crippen molar-refractivity contribution in [2.24, 2.45) is 0 Å². The quantitative estimate of drug-likeness (QED) is 0.177. The molecule has 0 aliphatic rings. The lowest BCUT2D eigenvalue weighted by molar-refractivity contribution is 1.07. The first-order chi connectivity index (χ1) is 25.6. The monoisotopic (exact) mass is 683 g/mol. The minimum Gasteiger partial charge on any atom is -0.309 e. The Labute approximate surface area is 306 Å². The Balaban J connectivity index is 1.19. The number of aromatic nitrogens is 4. The van der Waals surface area contributed by atoms with Crippen LogP contribution in [0.4, 0.5) is 0 Å². The van der Waals surface area contributed by atoms with Crippen LogP contribution < -0.4 is 0 Å². The molecule has 0 N–H and O–H groups in total. The molecule has 0 aliphatic carbocycles. The lowest BCUT2D eigenvalue weighted by atomic mass is 9.97. The summed E-state index contributed by atoms with van der Waals surface area (Å²) in [6, 6.07) is 59.8. The van der Waals surface area contributed by atoms with Gasteiger partial charge in [0.1, 0.15) is 0 Å². The van der Waals surface area contributed by atoms with Gasteiger partial charge in [-0.2, -0.15) is 5.26 Å². The van der Waals surface area contributed by atoms with Gasteiger partial charge < -0.3 is 4.57 Å². The highest BCUT2D eigenvalue weighted by Crippen LogP contribution is 2.39. The number of nitrogens with zero attached hydrogens (tertiary/aromatic N) is 5. The van der Waals surface area contributed by atoms with Crippen molar-refractivity contribution in [2.45, 2.75) is 4.90 Å². The molecule has 0 saturated carbocycles. The summed E-state index contributed by atoms with van der Waals surface area (Å²) in [6.45, 7) is 0. The second kappa shape index (κ2) is 13.1. The average Bonchev–Trinajstić information content (AvgIpc) is 3.55. The Morgan fingerprint density at radius 1 is 0.442 bits per heavy atom. The van der Waals surface area contributed by atoms with Crippen LogP contribution in [-0.2, 0) is 0 Å². The maximum Gasteiger partial charge on any atom is 0.164 e. The Morgan fingerprint density at radius 3 is 1.73 bits per heavy atom. The Bertz CT molecular complexity index is 2820. The van der Waals surface area contributed by atoms with Crippen LogP contribution in [0.1, 0.15) is 5.56 Å². The fourth-order valence-electron chi connectivity index (χ4n) is 6.91. The van der Waals surface area contributed by atoms with Gasteiger partial charge in [-0.3, -0.25) is 0 Å². The molecule has 0 fully saturated rings. The maximum atomic E-state index is 9.58. The van der Waals surface area contributed by atoms with Gasteiger partial charge in [0.25, 0.3) is 0 Å². The third-order valence-corrected chi connectivity index (χ3v) is 9.87. The van der Waals surface area contributed by atoms with E-state index in [1.165, 1.54) is 0 Å². The van der Waals surface area contributed by atoms with Gasteiger partial charge in [-0.25, -0.2) is 15.0 Å². The fraction of sp³-hybridized carbons (Fsp3) is 0. The van der Waals surface area contributed by atoms with Crippen LogP contribution in [0.3, 0.4) is 0 Å². The zero-order valence-corrected chi connectivity index (χ0v) is 28.7. The third-order valence-electron chi connectivity index (χ3n) is 9.38. The molecule has 2 heterocycles. The van der Waals surface area contributed by atoms with Crippen molar-refractivity contribution < 1.29 is 0 Å². The zero-order chi connectivity index (χ0) is 35.0. The van der Waals surface area contributed by atoms with E-state index < -0.39 is 0 Å². The molecular weight excluding hydrogens is 655 g/mol. The zero-order valence-electron chi connectivity index (χ0n) is 27.8. The van der Waals surface area contributed by atoms with Crippen LogP contribution in [0.5, 0.6) is 0 Å². The van der Waals surface area contributed by atoms with Crippen LogP contribution in [0, 0.1) is 11.3 Å². The lowest BCUT2D eigenvalue weighted by Gasteiger charge is -2.13. The summed E-state index contributed by atoms with van der Waals surface area (Å²) in [5.74, 6) is 1.63. The van der Waals surface area contributed by atoms with Crippen LogP contribution in [0.15, 0.2) is 175 Å². The molecule has 9 aromatic rings.